The summed E-state index contributed by atoms with van der Waals surface area (Å²) in [7, 11) is 1.58. The smallest absolute Gasteiger partial charge is 0.271 e. The Morgan fingerprint density at radius 1 is 1.13 bits per heavy atom. The fourth-order valence-corrected chi connectivity index (χ4v) is 1.65. The number of rotatable bonds is 2. The zero-order valence-electron chi connectivity index (χ0n) is 9.10. The van der Waals surface area contributed by atoms with Crippen molar-refractivity contribution in [1.29, 1.82) is 0 Å². The van der Waals surface area contributed by atoms with Gasteiger partial charge in [-0.2, -0.15) is 0 Å². The Hall–Kier alpha value is -0.900. The highest BCUT2D eigenvalue weighted by molar-refractivity contribution is 5.24. The molecule has 0 aromatic heterocycles. The van der Waals surface area contributed by atoms with Gasteiger partial charge < -0.3 is 14.2 Å². The van der Waals surface area contributed by atoms with Crippen LogP contribution in [0.4, 0.5) is 0 Å². The van der Waals surface area contributed by atoms with Crippen LogP contribution in [0.1, 0.15) is 17.0 Å². The number of benzene rings is 1. The van der Waals surface area contributed by atoms with Crippen molar-refractivity contribution in [2.24, 2.45) is 0 Å². The van der Waals surface area contributed by atoms with Gasteiger partial charge in [0.1, 0.15) is 0 Å². The van der Waals surface area contributed by atoms with Crippen LogP contribution in [0.5, 0.6) is 0 Å². The zero-order valence-corrected chi connectivity index (χ0v) is 9.10. The number of methoxy groups -OCH3 is 1. The molecule has 1 aliphatic rings. The maximum absolute atomic E-state index is 5.38. The topological polar surface area (TPSA) is 27.7 Å². The summed E-state index contributed by atoms with van der Waals surface area (Å²) in [5.41, 5.74) is 2.53. The molecule has 0 atom stereocenters. The Balaban J connectivity index is 1.98. The SMILES string of the molecule is COC1OCC(c2ccc(C)cc2)CO1. The van der Waals surface area contributed by atoms with E-state index in [4.69, 9.17) is 14.2 Å². The highest BCUT2D eigenvalue weighted by atomic mass is 16.8. The average molecular weight is 208 g/mol. The van der Waals surface area contributed by atoms with Crippen molar-refractivity contribution < 1.29 is 14.2 Å². The Kier molecular flexibility index (Phi) is 3.36. The standard InChI is InChI=1S/C12H16O3/c1-9-3-5-10(6-4-9)11-7-14-12(13-2)15-8-11/h3-6,11-12H,7-8H2,1-2H3. The van der Waals surface area contributed by atoms with E-state index in [1.165, 1.54) is 11.1 Å². The quantitative estimate of drug-likeness (QED) is 0.744. The van der Waals surface area contributed by atoms with E-state index in [1.54, 1.807) is 7.11 Å². The minimum absolute atomic E-state index is 0.317. The molecule has 1 aliphatic heterocycles. The summed E-state index contributed by atoms with van der Waals surface area (Å²) in [4.78, 5) is 0. The van der Waals surface area contributed by atoms with Crippen molar-refractivity contribution in [1.82, 2.24) is 0 Å². The fraction of sp³-hybridized carbons (Fsp3) is 0.500. The molecule has 15 heavy (non-hydrogen) atoms. The molecule has 3 heteroatoms. The average Bonchev–Trinajstić information content (AvgIpc) is 2.30. The third-order valence-corrected chi connectivity index (χ3v) is 2.61. The molecule has 0 amide bonds. The number of aryl methyl sites for hydroxylation is 1. The molecule has 82 valence electrons. The van der Waals surface area contributed by atoms with Gasteiger partial charge in [-0.15, -0.1) is 0 Å². The summed E-state index contributed by atoms with van der Waals surface area (Å²) in [6.07, 6.45) is 0. The van der Waals surface area contributed by atoms with E-state index in [9.17, 15) is 0 Å². The van der Waals surface area contributed by atoms with Gasteiger partial charge in [0.05, 0.1) is 13.2 Å². The Labute approximate surface area is 90.0 Å². The van der Waals surface area contributed by atoms with Gasteiger partial charge in [-0.25, -0.2) is 0 Å². The van der Waals surface area contributed by atoms with Crippen LogP contribution in [0, 0.1) is 6.92 Å². The van der Waals surface area contributed by atoms with Gasteiger partial charge in [-0.05, 0) is 12.5 Å². The van der Waals surface area contributed by atoms with Crippen LogP contribution in [0.15, 0.2) is 24.3 Å². The normalized spacial score (nSPS) is 26.5. The summed E-state index contributed by atoms with van der Waals surface area (Å²) in [6, 6.07) is 8.47. The Bertz CT molecular complexity index is 299. The molecule has 0 radical (unpaired) electrons. The number of hydrogen-bond acceptors (Lipinski definition) is 3. The predicted octanol–water partition coefficient (Wildman–Crippen LogP) is 2.06. The second-order valence-electron chi connectivity index (χ2n) is 3.80. The molecule has 0 bridgehead atoms. The van der Waals surface area contributed by atoms with Crippen LogP contribution in [0.2, 0.25) is 0 Å². The Morgan fingerprint density at radius 3 is 2.27 bits per heavy atom. The summed E-state index contributed by atoms with van der Waals surface area (Å²) in [6.45, 7) is 2.90. The largest absolute Gasteiger partial charge is 0.333 e. The molecular formula is C12H16O3. The van der Waals surface area contributed by atoms with Gasteiger partial charge >= 0.3 is 0 Å². The Morgan fingerprint density at radius 2 is 1.73 bits per heavy atom. The third-order valence-electron chi connectivity index (χ3n) is 2.61. The van der Waals surface area contributed by atoms with E-state index in [1.807, 2.05) is 0 Å². The summed E-state index contributed by atoms with van der Waals surface area (Å²) in [5.74, 6) is 0.317. The van der Waals surface area contributed by atoms with Gasteiger partial charge in [-0.3, -0.25) is 0 Å². The molecule has 1 saturated heterocycles. The van der Waals surface area contributed by atoms with E-state index in [0.717, 1.165) is 0 Å². The van der Waals surface area contributed by atoms with Crippen LogP contribution in [0.25, 0.3) is 0 Å². The molecule has 0 N–H and O–H groups in total. The first kappa shape index (κ1) is 10.6. The highest BCUT2D eigenvalue weighted by Crippen LogP contribution is 2.22. The summed E-state index contributed by atoms with van der Waals surface area (Å²) < 4.78 is 15.7. The lowest BCUT2D eigenvalue weighted by molar-refractivity contribution is -0.305. The van der Waals surface area contributed by atoms with Crippen molar-refractivity contribution in [2.45, 2.75) is 19.3 Å². The van der Waals surface area contributed by atoms with Crippen LogP contribution < -0.4 is 0 Å². The minimum atomic E-state index is -0.494. The van der Waals surface area contributed by atoms with Gasteiger partial charge in [0.15, 0.2) is 0 Å². The minimum Gasteiger partial charge on any atom is -0.333 e. The molecule has 3 nitrogen and oxygen atoms in total. The molecule has 1 aromatic rings. The molecule has 1 aromatic carbocycles. The first-order chi connectivity index (χ1) is 7.29. The van der Waals surface area contributed by atoms with Crippen molar-refractivity contribution >= 4 is 0 Å². The first-order valence-corrected chi connectivity index (χ1v) is 5.12. The van der Waals surface area contributed by atoms with Gasteiger partial charge in [-0.1, -0.05) is 29.8 Å². The maximum atomic E-state index is 5.38. The van der Waals surface area contributed by atoms with Crippen molar-refractivity contribution in [3.63, 3.8) is 0 Å². The van der Waals surface area contributed by atoms with Gasteiger partial charge in [0.25, 0.3) is 6.48 Å². The molecule has 0 saturated carbocycles. The molecule has 0 spiro atoms. The highest BCUT2D eigenvalue weighted by Gasteiger charge is 2.22. The third kappa shape index (κ3) is 2.56. The van der Waals surface area contributed by atoms with E-state index >= 15 is 0 Å². The van der Waals surface area contributed by atoms with E-state index in [-0.39, 0.29) is 0 Å². The van der Waals surface area contributed by atoms with Gasteiger partial charge in [0, 0.05) is 13.0 Å². The van der Waals surface area contributed by atoms with E-state index in [2.05, 4.69) is 31.2 Å². The molecule has 0 aliphatic carbocycles. The van der Waals surface area contributed by atoms with Gasteiger partial charge in [0.2, 0.25) is 0 Å². The maximum Gasteiger partial charge on any atom is 0.271 e. The second-order valence-corrected chi connectivity index (χ2v) is 3.80. The lowest BCUT2D eigenvalue weighted by Gasteiger charge is -2.28. The van der Waals surface area contributed by atoms with Crippen molar-refractivity contribution in [3.05, 3.63) is 35.4 Å². The van der Waals surface area contributed by atoms with Crippen LogP contribution >= 0.6 is 0 Å². The molecule has 1 fully saturated rings. The second kappa shape index (κ2) is 4.75. The van der Waals surface area contributed by atoms with Crippen molar-refractivity contribution in [3.8, 4) is 0 Å². The summed E-state index contributed by atoms with van der Waals surface area (Å²) >= 11 is 0. The monoisotopic (exact) mass is 208 g/mol. The van der Waals surface area contributed by atoms with E-state index < -0.39 is 6.48 Å². The molecular weight excluding hydrogens is 192 g/mol. The predicted molar refractivity (Wildman–Crippen MR) is 56.6 cm³/mol. The lowest BCUT2D eigenvalue weighted by atomic mass is 9.99. The number of ether oxygens (including phenoxy) is 3. The lowest BCUT2D eigenvalue weighted by Crippen LogP contribution is -2.31. The van der Waals surface area contributed by atoms with Crippen LogP contribution in [-0.4, -0.2) is 26.8 Å². The first-order valence-electron chi connectivity index (χ1n) is 5.12. The molecule has 0 unspecified atom stereocenters. The van der Waals surface area contributed by atoms with Crippen LogP contribution in [0.3, 0.4) is 0 Å². The van der Waals surface area contributed by atoms with Crippen molar-refractivity contribution in [2.75, 3.05) is 20.3 Å². The zero-order chi connectivity index (χ0) is 10.7. The van der Waals surface area contributed by atoms with Crippen LogP contribution in [-0.2, 0) is 14.2 Å². The molecule has 1 heterocycles. The summed E-state index contributed by atoms with van der Waals surface area (Å²) in [5, 5.41) is 0. The number of hydrogen-bond donors (Lipinski definition) is 0. The fourth-order valence-electron chi connectivity index (χ4n) is 1.65. The molecule has 2 rings (SSSR count). The van der Waals surface area contributed by atoms with E-state index in [0.29, 0.717) is 19.1 Å².